The minimum Gasteiger partial charge on any atom is -0.390 e. The Labute approximate surface area is 128 Å². The van der Waals surface area contributed by atoms with Gasteiger partial charge in [-0.3, -0.25) is 9.69 Å². The van der Waals surface area contributed by atoms with Crippen LogP contribution in [0.2, 0.25) is 0 Å². The molecule has 0 atom stereocenters. The van der Waals surface area contributed by atoms with E-state index in [9.17, 15) is 4.79 Å². The summed E-state index contributed by atoms with van der Waals surface area (Å²) in [5, 5.41) is 0.560. The number of nitrogens with two attached hydrogens (primary N) is 2. The molecule has 4 N–H and O–H groups in total. The summed E-state index contributed by atoms with van der Waals surface area (Å²) in [4.78, 5) is 15.1. The summed E-state index contributed by atoms with van der Waals surface area (Å²) in [7, 11) is 0. The van der Waals surface area contributed by atoms with Crippen molar-refractivity contribution in [2.45, 2.75) is 26.4 Å². The summed E-state index contributed by atoms with van der Waals surface area (Å²) in [6.07, 6.45) is 0.840. The molecule has 1 aliphatic rings. The van der Waals surface area contributed by atoms with Crippen LogP contribution in [0.3, 0.4) is 0 Å². The Kier molecular flexibility index (Phi) is 3.69. The third kappa shape index (κ3) is 2.80. The first-order chi connectivity index (χ1) is 10.0. The number of nitrogen functional groups attached to an aromatic ring is 1. The lowest BCUT2D eigenvalue weighted by Crippen LogP contribution is -2.30. The Bertz CT molecular complexity index is 676. The maximum absolute atomic E-state index is 11.5. The topological polar surface area (TPSA) is 72.3 Å². The highest BCUT2D eigenvalue weighted by molar-refractivity contribution is 7.16. The van der Waals surface area contributed by atoms with E-state index in [-0.39, 0.29) is 0 Å². The van der Waals surface area contributed by atoms with Crippen molar-refractivity contribution < 1.29 is 4.79 Å². The number of benzene rings is 1. The number of aryl methyl sites for hydroxylation is 1. The number of carbonyl (C=O) groups is 1. The molecule has 0 saturated heterocycles. The van der Waals surface area contributed by atoms with Gasteiger partial charge < -0.3 is 11.5 Å². The van der Waals surface area contributed by atoms with E-state index in [2.05, 4.69) is 36.1 Å². The van der Waals surface area contributed by atoms with Crippen LogP contribution in [0.5, 0.6) is 0 Å². The first-order valence-electron chi connectivity index (χ1n) is 7.02. The Hall–Kier alpha value is -1.85. The highest BCUT2D eigenvalue weighted by atomic mass is 32.1. The fraction of sp³-hybridized carbons (Fsp3) is 0.312. The average molecular weight is 301 g/mol. The van der Waals surface area contributed by atoms with E-state index in [0.29, 0.717) is 10.6 Å². The SMILES string of the molecule is Cc1ccc(CN2CCc3c(sc(N)c3C(N)=O)C2)cc1. The molecule has 0 spiro atoms. The van der Waals surface area contributed by atoms with Crippen LogP contribution in [0, 0.1) is 6.92 Å². The maximum Gasteiger partial charge on any atom is 0.251 e. The Morgan fingerprint density at radius 2 is 2.05 bits per heavy atom. The Balaban J connectivity index is 1.77. The van der Waals surface area contributed by atoms with Crippen LogP contribution in [0.25, 0.3) is 0 Å². The number of hydrogen-bond donors (Lipinski definition) is 2. The van der Waals surface area contributed by atoms with Crippen molar-refractivity contribution in [3.8, 4) is 0 Å². The van der Waals surface area contributed by atoms with Crippen molar-refractivity contribution in [1.29, 1.82) is 0 Å². The van der Waals surface area contributed by atoms with Crippen molar-refractivity contribution >= 4 is 22.2 Å². The normalized spacial score (nSPS) is 14.9. The fourth-order valence-electron chi connectivity index (χ4n) is 2.83. The van der Waals surface area contributed by atoms with E-state index in [0.717, 1.165) is 31.6 Å². The molecule has 2 heterocycles. The monoisotopic (exact) mass is 301 g/mol. The van der Waals surface area contributed by atoms with E-state index >= 15 is 0 Å². The van der Waals surface area contributed by atoms with Crippen molar-refractivity contribution in [2.24, 2.45) is 5.73 Å². The van der Waals surface area contributed by atoms with Gasteiger partial charge in [-0.15, -0.1) is 11.3 Å². The molecule has 110 valence electrons. The van der Waals surface area contributed by atoms with Crippen LogP contribution in [0.15, 0.2) is 24.3 Å². The van der Waals surface area contributed by atoms with E-state index < -0.39 is 5.91 Å². The quantitative estimate of drug-likeness (QED) is 0.913. The standard InChI is InChI=1S/C16H19N3OS/c1-10-2-4-11(5-3-10)8-19-7-6-12-13(9-19)21-16(18)14(12)15(17)20/h2-5H,6-9,18H2,1H3,(H2,17,20). The number of rotatable bonds is 3. The van der Waals surface area contributed by atoms with Crippen LogP contribution < -0.4 is 11.5 Å². The number of thiophene rings is 1. The fourth-order valence-corrected chi connectivity index (χ4v) is 4.00. The minimum atomic E-state index is -0.406. The van der Waals surface area contributed by atoms with Crippen LogP contribution >= 0.6 is 11.3 Å². The van der Waals surface area contributed by atoms with Crippen molar-refractivity contribution in [3.63, 3.8) is 0 Å². The maximum atomic E-state index is 11.5. The van der Waals surface area contributed by atoms with Crippen LogP contribution in [0.1, 0.15) is 31.9 Å². The third-order valence-electron chi connectivity index (χ3n) is 3.94. The number of anilines is 1. The second-order valence-corrected chi connectivity index (χ2v) is 6.69. The van der Waals surface area contributed by atoms with E-state index in [1.54, 1.807) is 0 Å². The van der Waals surface area contributed by atoms with E-state index in [1.165, 1.54) is 27.3 Å². The van der Waals surface area contributed by atoms with Gasteiger partial charge >= 0.3 is 0 Å². The van der Waals surface area contributed by atoms with Gasteiger partial charge in [0.15, 0.2) is 0 Å². The number of fused-ring (bicyclic) bond motifs is 1. The van der Waals surface area contributed by atoms with Gasteiger partial charge in [-0.1, -0.05) is 29.8 Å². The van der Waals surface area contributed by atoms with Gasteiger partial charge in [-0.05, 0) is 24.5 Å². The molecule has 1 aliphatic heterocycles. The number of primary amides is 1. The van der Waals surface area contributed by atoms with E-state index in [4.69, 9.17) is 11.5 Å². The summed E-state index contributed by atoms with van der Waals surface area (Å²) >= 11 is 1.50. The molecular weight excluding hydrogens is 282 g/mol. The molecular formula is C16H19N3OS. The number of amides is 1. The van der Waals surface area contributed by atoms with Crippen LogP contribution in [0.4, 0.5) is 5.00 Å². The lowest BCUT2D eigenvalue weighted by Gasteiger charge is -2.27. The zero-order valence-electron chi connectivity index (χ0n) is 12.1. The van der Waals surface area contributed by atoms with Gasteiger partial charge in [-0.2, -0.15) is 0 Å². The molecule has 0 radical (unpaired) electrons. The summed E-state index contributed by atoms with van der Waals surface area (Å²) < 4.78 is 0. The summed E-state index contributed by atoms with van der Waals surface area (Å²) in [6, 6.07) is 8.61. The average Bonchev–Trinajstić information content (AvgIpc) is 2.76. The number of nitrogens with zero attached hydrogens (tertiary/aromatic N) is 1. The van der Waals surface area contributed by atoms with Gasteiger partial charge in [-0.25, -0.2) is 0 Å². The first kappa shape index (κ1) is 14.1. The molecule has 3 rings (SSSR count). The van der Waals surface area contributed by atoms with Crippen molar-refractivity contribution in [1.82, 2.24) is 4.90 Å². The lowest BCUT2D eigenvalue weighted by molar-refractivity contribution is 0.1000. The zero-order chi connectivity index (χ0) is 15.0. The Morgan fingerprint density at radius 1 is 1.33 bits per heavy atom. The molecule has 0 aliphatic carbocycles. The molecule has 21 heavy (non-hydrogen) atoms. The predicted molar refractivity (Wildman–Crippen MR) is 86.2 cm³/mol. The van der Waals surface area contributed by atoms with Gasteiger partial charge in [0.1, 0.15) is 0 Å². The smallest absolute Gasteiger partial charge is 0.251 e. The Morgan fingerprint density at radius 3 is 2.71 bits per heavy atom. The molecule has 2 aromatic rings. The number of carbonyl (C=O) groups excluding carboxylic acids is 1. The second-order valence-electron chi connectivity index (χ2n) is 5.55. The van der Waals surface area contributed by atoms with Gasteiger partial charge in [0.25, 0.3) is 5.91 Å². The first-order valence-corrected chi connectivity index (χ1v) is 7.84. The second kappa shape index (κ2) is 5.50. The highest BCUT2D eigenvalue weighted by Gasteiger charge is 2.25. The summed E-state index contributed by atoms with van der Waals surface area (Å²) in [5.74, 6) is -0.406. The molecule has 0 bridgehead atoms. The summed E-state index contributed by atoms with van der Waals surface area (Å²) in [5.41, 5.74) is 15.6. The third-order valence-corrected chi connectivity index (χ3v) is 4.98. The van der Waals surface area contributed by atoms with Gasteiger partial charge in [0.05, 0.1) is 10.6 Å². The molecule has 5 heteroatoms. The van der Waals surface area contributed by atoms with Crippen LogP contribution in [-0.4, -0.2) is 17.4 Å². The molecule has 0 fully saturated rings. The molecule has 0 saturated carbocycles. The zero-order valence-corrected chi connectivity index (χ0v) is 12.9. The molecule has 4 nitrogen and oxygen atoms in total. The van der Waals surface area contributed by atoms with Gasteiger partial charge in [0.2, 0.25) is 0 Å². The number of hydrogen-bond acceptors (Lipinski definition) is 4. The van der Waals surface area contributed by atoms with E-state index in [1.807, 2.05) is 0 Å². The molecule has 1 amide bonds. The molecule has 1 aromatic heterocycles. The van der Waals surface area contributed by atoms with Crippen LogP contribution in [-0.2, 0) is 19.5 Å². The molecule has 1 aromatic carbocycles. The van der Waals surface area contributed by atoms with Gasteiger partial charge in [0, 0.05) is 24.5 Å². The van der Waals surface area contributed by atoms with Crippen molar-refractivity contribution in [2.75, 3.05) is 12.3 Å². The lowest BCUT2D eigenvalue weighted by atomic mass is 10.0. The largest absolute Gasteiger partial charge is 0.390 e. The highest BCUT2D eigenvalue weighted by Crippen LogP contribution is 2.35. The summed E-state index contributed by atoms with van der Waals surface area (Å²) in [6.45, 7) is 4.78. The minimum absolute atomic E-state index is 0.406. The predicted octanol–water partition coefficient (Wildman–Crippen LogP) is 2.30. The van der Waals surface area contributed by atoms with Crippen molar-refractivity contribution in [3.05, 3.63) is 51.4 Å². The molecule has 0 unspecified atom stereocenters.